The van der Waals surface area contributed by atoms with Crippen LogP contribution in [0, 0.1) is 25.2 Å². The maximum absolute atomic E-state index is 12.3. The molecule has 0 bridgehead atoms. The van der Waals surface area contributed by atoms with Crippen molar-refractivity contribution < 1.29 is 4.79 Å². The molecule has 4 N–H and O–H groups in total. The van der Waals surface area contributed by atoms with Crippen molar-refractivity contribution in [1.29, 1.82) is 5.26 Å². The fraction of sp³-hybridized carbons (Fsp3) is 0.357. The van der Waals surface area contributed by atoms with Gasteiger partial charge in [0.2, 0.25) is 0 Å². The number of aromatic amines is 1. The van der Waals surface area contributed by atoms with E-state index in [4.69, 9.17) is 5.73 Å². The molecule has 1 amide bonds. The topological polar surface area (TPSA) is 108 Å². The van der Waals surface area contributed by atoms with Crippen LogP contribution in [0.4, 0.5) is 10.7 Å². The SMILES string of the molecule is Cc1sc(NC(=O)c2n[nH]c(C(C)C)c2N)c(C#N)c1C. The van der Waals surface area contributed by atoms with Gasteiger partial charge in [-0.15, -0.1) is 11.3 Å². The van der Waals surface area contributed by atoms with E-state index >= 15 is 0 Å². The van der Waals surface area contributed by atoms with E-state index < -0.39 is 5.91 Å². The fourth-order valence-corrected chi connectivity index (χ4v) is 3.00. The Morgan fingerprint density at radius 2 is 2.14 bits per heavy atom. The smallest absolute Gasteiger partial charge is 0.278 e. The minimum atomic E-state index is -0.409. The molecule has 0 spiro atoms. The molecule has 21 heavy (non-hydrogen) atoms. The lowest BCUT2D eigenvalue weighted by molar-refractivity contribution is 0.102. The Morgan fingerprint density at radius 3 is 2.67 bits per heavy atom. The molecule has 6 nitrogen and oxygen atoms in total. The van der Waals surface area contributed by atoms with Gasteiger partial charge in [-0.25, -0.2) is 0 Å². The van der Waals surface area contributed by atoms with Gasteiger partial charge in [-0.2, -0.15) is 10.4 Å². The first kappa shape index (κ1) is 15.1. The van der Waals surface area contributed by atoms with E-state index in [1.54, 1.807) is 0 Å². The number of nitrogens with one attached hydrogen (secondary N) is 2. The van der Waals surface area contributed by atoms with Gasteiger partial charge in [0.25, 0.3) is 5.91 Å². The zero-order valence-corrected chi connectivity index (χ0v) is 13.2. The second-order valence-electron chi connectivity index (χ2n) is 5.11. The Labute approximate surface area is 127 Å². The van der Waals surface area contributed by atoms with Crippen LogP contribution in [0.15, 0.2) is 0 Å². The van der Waals surface area contributed by atoms with Crippen molar-refractivity contribution >= 4 is 27.9 Å². The van der Waals surface area contributed by atoms with Gasteiger partial charge in [-0.3, -0.25) is 9.89 Å². The van der Waals surface area contributed by atoms with E-state index in [1.807, 2.05) is 27.7 Å². The number of aryl methyl sites for hydroxylation is 1. The normalized spacial score (nSPS) is 10.7. The van der Waals surface area contributed by atoms with Crippen molar-refractivity contribution in [1.82, 2.24) is 10.2 Å². The molecule has 0 aliphatic heterocycles. The number of hydrogen-bond donors (Lipinski definition) is 3. The molecule has 2 heterocycles. The van der Waals surface area contributed by atoms with E-state index in [1.165, 1.54) is 11.3 Å². The molecule has 2 rings (SSSR count). The summed E-state index contributed by atoms with van der Waals surface area (Å²) in [6.45, 7) is 7.70. The summed E-state index contributed by atoms with van der Waals surface area (Å²) in [5.74, 6) is -0.256. The predicted octanol–water partition coefficient (Wildman–Crippen LogP) is 2.92. The number of carbonyl (C=O) groups excluding carboxylic acids is 1. The molecular formula is C14H17N5OS. The first-order valence-electron chi connectivity index (χ1n) is 6.52. The van der Waals surface area contributed by atoms with Crippen molar-refractivity contribution in [2.24, 2.45) is 0 Å². The number of thiophene rings is 1. The summed E-state index contributed by atoms with van der Waals surface area (Å²) >= 11 is 1.37. The zero-order chi connectivity index (χ0) is 15.7. The van der Waals surface area contributed by atoms with Gasteiger partial charge in [0, 0.05) is 4.88 Å². The monoisotopic (exact) mass is 303 g/mol. The summed E-state index contributed by atoms with van der Waals surface area (Å²) in [5, 5.41) is 19.2. The highest BCUT2D eigenvalue weighted by Crippen LogP contribution is 2.32. The number of hydrogen-bond acceptors (Lipinski definition) is 5. The van der Waals surface area contributed by atoms with Crippen LogP contribution >= 0.6 is 11.3 Å². The molecule has 0 fully saturated rings. The number of aromatic nitrogens is 2. The number of nitriles is 1. The van der Waals surface area contributed by atoms with Crippen molar-refractivity contribution in [2.75, 3.05) is 11.1 Å². The fourth-order valence-electron chi connectivity index (χ4n) is 1.99. The van der Waals surface area contributed by atoms with Crippen molar-refractivity contribution in [3.05, 3.63) is 27.4 Å². The quantitative estimate of drug-likeness (QED) is 0.810. The Hall–Kier alpha value is -2.33. The van der Waals surface area contributed by atoms with Crippen molar-refractivity contribution in [3.63, 3.8) is 0 Å². The minimum Gasteiger partial charge on any atom is -0.395 e. The number of anilines is 2. The average Bonchev–Trinajstić information content (AvgIpc) is 2.91. The summed E-state index contributed by atoms with van der Waals surface area (Å²) in [5.41, 5.74) is 8.57. The van der Waals surface area contributed by atoms with Gasteiger partial charge in [0.15, 0.2) is 5.69 Å². The summed E-state index contributed by atoms with van der Waals surface area (Å²) in [6, 6.07) is 2.12. The largest absolute Gasteiger partial charge is 0.395 e. The van der Waals surface area contributed by atoms with Gasteiger partial charge >= 0.3 is 0 Å². The third-order valence-electron chi connectivity index (χ3n) is 3.35. The second kappa shape index (κ2) is 5.58. The van der Waals surface area contributed by atoms with E-state index in [2.05, 4.69) is 21.6 Å². The molecule has 0 aromatic carbocycles. The molecule has 0 saturated carbocycles. The lowest BCUT2D eigenvalue weighted by atomic mass is 10.1. The summed E-state index contributed by atoms with van der Waals surface area (Å²) in [7, 11) is 0. The number of nitrogen functional groups attached to an aromatic ring is 1. The van der Waals surface area contributed by atoms with Crippen molar-refractivity contribution in [3.8, 4) is 6.07 Å². The molecule has 0 unspecified atom stereocenters. The molecular weight excluding hydrogens is 286 g/mol. The van der Waals surface area contributed by atoms with Gasteiger partial charge in [0.05, 0.1) is 16.9 Å². The van der Waals surface area contributed by atoms with E-state index in [0.29, 0.717) is 16.3 Å². The molecule has 0 saturated heterocycles. The lowest BCUT2D eigenvalue weighted by Gasteiger charge is -2.04. The first-order valence-corrected chi connectivity index (χ1v) is 7.33. The van der Waals surface area contributed by atoms with E-state index in [-0.39, 0.29) is 11.6 Å². The second-order valence-corrected chi connectivity index (χ2v) is 6.33. The van der Waals surface area contributed by atoms with E-state index in [0.717, 1.165) is 16.1 Å². The van der Waals surface area contributed by atoms with Gasteiger partial charge in [-0.1, -0.05) is 13.8 Å². The lowest BCUT2D eigenvalue weighted by Crippen LogP contribution is -2.14. The molecule has 0 radical (unpaired) electrons. The Morgan fingerprint density at radius 1 is 1.48 bits per heavy atom. The number of carbonyl (C=O) groups is 1. The first-order chi connectivity index (χ1) is 9.86. The van der Waals surface area contributed by atoms with Gasteiger partial charge in [-0.05, 0) is 25.3 Å². The van der Waals surface area contributed by atoms with Crippen LogP contribution in [0.2, 0.25) is 0 Å². The summed E-state index contributed by atoms with van der Waals surface area (Å²) < 4.78 is 0. The van der Waals surface area contributed by atoms with Gasteiger partial charge < -0.3 is 11.1 Å². The van der Waals surface area contributed by atoms with Crippen LogP contribution in [-0.4, -0.2) is 16.1 Å². The minimum absolute atomic E-state index is 0.153. The predicted molar refractivity (Wildman–Crippen MR) is 83.6 cm³/mol. The molecule has 2 aromatic rings. The number of H-pyrrole nitrogens is 1. The van der Waals surface area contributed by atoms with Crippen LogP contribution in [0.3, 0.4) is 0 Å². The Kier molecular flexibility index (Phi) is 4.00. The Bertz CT molecular complexity index is 735. The highest BCUT2D eigenvalue weighted by Gasteiger charge is 2.21. The van der Waals surface area contributed by atoms with Crippen LogP contribution in [0.25, 0.3) is 0 Å². The standard InChI is InChI=1S/C14H17N5OS/c1-6(2)11-10(16)12(19-18-11)13(20)17-14-9(5-15)7(3)8(4)21-14/h6H,16H2,1-4H3,(H,17,20)(H,18,19). The number of nitrogens with two attached hydrogens (primary N) is 1. The maximum atomic E-state index is 12.3. The molecule has 0 aliphatic carbocycles. The molecule has 0 aliphatic rings. The summed E-state index contributed by atoms with van der Waals surface area (Å²) in [6.07, 6.45) is 0. The Balaban J connectivity index is 2.31. The summed E-state index contributed by atoms with van der Waals surface area (Å²) in [4.78, 5) is 13.3. The maximum Gasteiger partial charge on any atom is 0.278 e. The van der Waals surface area contributed by atoms with Crippen LogP contribution in [0.5, 0.6) is 0 Å². The van der Waals surface area contributed by atoms with Gasteiger partial charge in [0.1, 0.15) is 11.1 Å². The van der Waals surface area contributed by atoms with Crippen LogP contribution < -0.4 is 11.1 Å². The molecule has 110 valence electrons. The van der Waals surface area contributed by atoms with Crippen LogP contribution in [0.1, 0.15) is 52.0 Å². The van der Waals surface area contributed by atoms with E-state index in [9.17, 15) is 10.1 Å². The molecule has 2 aromatic heterocycles. The molecule has 0 atom stereocenters. The number of nitrogens with zero attached hydrogens (tertiary/aromatic N) is 2. The zero-order valence-electron chi connectivity index (χ0n) is 12.4. The van der Waals surface area contributed by atoms with Crippen molar-refractivity contribution in [2.45, 2.75) is 33.6 Å². The third-order valence-corrected chi connectivity index (χ3v) is 4.47. The third kappa shape index (κ3) is 2.62. The van der Waals surface area contributed by atoms with Crippen LogP contribution in [-0.2, 0) is 0 Å². The highest BCUT2D eigenvalue weighted by molar-refractivity contribution is 7.16. The number of amides is 1. The highest BCUT2D eigenvalue weighted by atomic mass is 32.1. The average molecular weight is 303 g/mol. The molecule has 7 heteroatoms. The number of rotatable bonds is 3.